The zero-order valence-corrected chi connectivity index (χ0v) is 12.9. The molecule has 1 rings (SSSR count). The quantitative estimate of drug-likeness (QED) is 0.620. The average molecular weight is 278 g/mol. The number of allylic oxidation sites excluding steroid dienone is 4. The van der Waals surface area contributed by atoms with E-state index >= 15 is 0 Å². The van der Waals surface area contributed by atoms with Crippen LogP contribution in [0.15, 0.2) is 35.9 Å². The Morgan fingerprint density at radius 1 is 1.25 bits per heavy atom. The van der Waals surface area contributed by atoms with E-state index in [1.165, 1.54) is 0 Å². The van der Waals surface area contributed by atoms with Gasteiger partial charge in [-0.25, -0.2) is 0 Å². The van der Waals surface area contributed by atoms with Gasteiger partial charge in [0.2, 0.25) is 0 Å². The van der Waals surface area contributed by atoms with Gasteiger partial charge in [-0.05, 0) is 45.7 Å². The third kappa shape index (κ3) is 3.84. The molecule has 1 aliphatic rings. The molecule has 0 unspecified atom stereocenters. The van der Waals surface area contributed by atoms with Gasteiger partial charge in [0, 0.05) is 0 Å². The van der Waals surface area contributed by atoms with Gasteiger partial charge >= 0.3 is 13.1 Å². The van der Waals surface area contributed by atoms with Crippen LogP contribution in [0, 0.1) is 0 Å². The molecule has 1 aliphatic heterocycles. The third-order valence-corrected chi connectivity index (χ3v) is 3.63. The molecule has 0 saturated carbocycles. The topological polar surface area (TPSA) is 55.8 Å². The van der Waals surface area contributed by atoms with Gasteiger partial charge in [0.1, 0.15) is 0 Å². The summed E-state index contributed by atoms with van der Waals surface area (Å²) < 4.78 is 11.9. The summed E-state index contributed by atoms with van der Waals surface area (Å²) in [6.07, 6.45) is 5.34. The van der Waals surface area contributed by atoms with Crippen molar-refractivity contribution in [3.63, 3.8) is 0 Å². The van der Waals surface area contributed by atoms with Crippen molar-refractivity contribution in [1.82, 2.24) is 0 Å². The van der Waals surface area contributed by atoms with E-state index in [9.17, 15) is 4.79 Å². The fourth-order valence-corrected chi connectivity index (χ4v) is 1.85. The Balaban J connectivity index is 2.97. The van der Waals surface area contributed by atoms with Crippen LogP contribution in [0.1, 0.15) is 41.0 Å². The predicted molar refractivity (Wildman–Crippen MR) is 80.4 cm³/mol. The molecule has 110 valence electrons. The van der Waals surface area contributed by atoms with Gasteiger partial charge in [-0.15, -0.1) is 0 Å². The number of carboxylic acids is 1. The summed E-state index contributed by atoms with van der Waals surface area (Å²) in [6, 6.07) is 0. The van der Waals surface area contributed by atoms with Gasteiger partial charge in [0.15, 0.2) is 0 Å². The van der Waals surface area contributed by atoms with E-state index in [1.54, 1.807) is 6.08 Å². The molecule has 0 bridgehead atoms. The van der Waals surface area contributed by atoms with Crippen LogP contribution in [0.25, 0.3) is 0 Å². The number of hydrogen-bond acceptors (Lipinski definition) is 3. The summed E-state index contributed by atoms with van der Waals surface area (Å²) in [7, 11) is -0.512. The fourth-order valence-electron chi connectivity index (χ4n) is 1.85. The lowest BCUT2D eigenvalue weighted by Crippen LogP contribution is -2.41. The van der Waals surface area contributed by atoms with Crippen molar-refractivity contribution in [1.29, 1.82) is 0 Å². The van der Waals surface area contributed by atoms with E-state index in [1.807, 2.05) is 46.8 Å². The zero-order valence-electron chi connectivity index (χ0n) is 12.9. The Kier molecular flexibility index (Phi) is 5.00. The molecule has 1 N–H and O–H groups in total. The zero-order chi connectivity index (χ0) is 15.6. The highest BCUT2D eigenvalue weighted by Crippen LogP contribution is 2.38. The lowest BCUT2D eigenvalue weighted by molar-refractivity contribution is -0.136. The summed E-state index contributed by atoms with van der Waals surface area (Å²) >= 11 is 0. The van der Waals surface area contributed by atoms with Crippen molar-refractivity contribution in [2.75, 3.05) is 0 Å². The van der Waals surface area contributed by atoms with Gasteiger partial charge in [-0.2, -0.15) is 0 Å². The van der Waals surface area contributed by atoms with Crippen molar-refractivity contribution in [3.05, 3.63) is 35.9 Å². The number of rotatable bonds is 5. The molecule has 0 aromatic carbocycles. The average Bonchev–Trinajstić information content (AvgIpc) is 2.46. The second kappa shape index (κ2) is 5.98. The Labute approximate surface area is 121 Å². The van der Waals surface area contributed by atoms with Crippen LogP contribution in [-0.2, 0) is 14.1 Å². The molecule has 4 nitrogen and oxygen atoms in total. The highest BCUT2D eigenvalue weighted by Gasteiger charge is 2.51. The SMILES string of the molecule is C=C(/C=C(\C=C/C)B1OC(C)(C)C(C)(C)O1)CC(=O)O. The summed E-state index contributed by atoms with van der Waals surface area (Å²) in [4.78, 5) is 10.7. The lowest BCUT2D eigenvalue weighted by atomic mass is 9.76. The van der Waals surface area contributed by atoms with E-state index in [2.05, 4.69) is 6.58 Å². The first-order valence-electron chi connectivity index (χ1n) is 6.68. The summed E-state index contributed by atoms with van der Waals surface area (Å²) in [5.41, 5.74) is 0.441. The molecule has 0 atom stereocenters. The largest absolute Gasteiger partial charge is 0.494 e. The van der Waals surface area contributed by atoms with Crippen molar-refractivity contribution in [3.8, 4) is 0 Å². The number of aliphatic carboxylic acids is 1. The molecule has 20 heavy (non-hydrogen) atoms. The fraction of sp³-hybridized carbons (Fsp3) is 0.533. The lowest BCUT2D eigenvalue weighted by Gasteiger charge is -2.32. The minimum Gasteiger partial charge on any atom is -0.481 e. The summed E-state index contributed by atoms with van der Waals surface area (Å²) in [5, 5.41) is 8.79. The van der Waals surface area contributed by atoms with Crippen LogP contribution in [0.5, 0.6) is 0 Å². The molecule has 1 saturated heterocycles. The maximum absolute atomic E-state index is 10.7. The molecule has 1 heterocycles. The minimum absolute atomic E-state index is 0.0967. The first-order chi connectivity index (χ1) is 9.09. The van der Waals surface area contributed by atoms with Crippen LogP contribution >= 0.6 is 0 Å². The number of carbonyl (C=O) groups is 1. The van der Waals surface area contributed by atoms with Crippen LogP contribution in [0.4, 0.5) is 0 Å². The van der Waals surface area contributed by atoms with Gasteiger partial charge in [0.05, 0.1) is 17.6 Å². The molecule has 0 aliphatic carbocycles. The molecule has 5 heteroatoms. The van der Waals surface area contributed by atoms with E-state index in [0.717, 1.165) is 5.47 Å². The Morgan fingerprint density at radius 2 is 1.75 bits per heavy atom. The Bertz CT molecular complexity index is 444. The highest BCUT2D eigenvalue weighted by atomic mass is 16.7. The van der Waals surface area contributed by atoms with Gasteiger partial charge in [0.25, 0.3) is 0 Å². The second-order valence-corrected chi connectivity index (χ2v) is 5.96. The first-order valence-corrected chi connectivity index (χ1v) is 6.68. The summed E-state index contributed by atoms with van der Waals surface area (Å²) in [5.74, 6) is -0.903. The van der Waals surface area contributed by atoms with Gasteiger partial charge in [-0.1, -0.05) is 24.8 Å². The van der Waals surface area contributed by atoms with Crippen LogP contribution < -0.4 is 0 Å². The van der Waals surface area contributed by atoms with Crippen LogP contribution in [0.2, 0.25) is 0 Å². The normalized spacial score (nSPS) is 21.4. The van der Waals surface area contributed by atoms with E-state index in [4.69, 9.17) is 14.4 Å². The Morgan fingerprint density at radius 3 is 2.15 bits per heavy atom. The van der Waals surface area contributed by atoms with Crippen molar-refractivity contribution in [2.45, 2.75) is 52.2 Å². The molecule has 0 aromatic rings. The van der Waals surface area contributed by atoms with Gasteiger partial charge in [-0.3, -0.25) is 4.79 Å². The molecule has 0 amide bonds. The molecule has 0 spiro atoms. The minimum atomic E-state index is -0.903. The van der Waals surface area contributed by atoms with Crippen molar-refractivity contribution < 1.29 is 19.2 Å². The van der Waals surface area contributed by atoms with E-state index in [0.29, 0.717) is 5.57 Å². The van der Waals surface area contributed by atoms with Crippen molar-refractivity contribution in [2.24, 2.45) is 0 Å². The Hall–Kier alpha value is -1.33. The van der Waals surface area contributed by atoms with Gasteiger partial charge < -0.3 is 14.4 Å². The first kappa shape index (κ1) is 16.7. The summed E-state index contributed by atoms with van der Waals surface area (Å²) in [6.45, 7) is 13.6. The van der Waals surface area contributed by atoms with Crippen molar-refractivity contribution >= 4 is 13.1 Å². The smallest absolute Gasteiger partial charge is 0.481 e. The maximum atomic E-state index is 10.7. The van der Waals surface area contributed by atoms with E-state index in [-0.39, 0.29) is 6.42 Å². The molecular weight excluding hydrogens is 255 g/mol. The van der Waals surface area contributed by atoms with Crippen LogP contribution in [0.3, 0.4) is 0 Å². The molecular formula is C15H23BO4. The number of carboxylic acid groups (broad SMARTS) is 1. The molecule has 0 aromatic heterocycles. The molecule has 1 fully saturated rings. The second-order valence-electron chi connectivity index (χ2n) is 5.96. The molecule has 0 radical (unpaired) electrons. The maximum Gasteiger partial charge on any atom is 0.494 e. The standard InChI is InChI=1S/C15H23BO4/c1-7-8-12(9-11(2)10-13(17)18)16-19-14(3,4)15(5,6)20-16/h7-9H,2,10H2,1,3-6H3,(H,17,18)/b8-7-,12-9+. The van der Waals surface area contributed by atoms with Crippen LogP contribution in [-0.4, -0.2) is 29.4 Å². The highest BCUT2D eigenvalue weighted by molar-refractivity contribution is 6.55. The monoisotopic (exact) mass is 278 g/mol. The van der Waals surface area contributed by atoms with E-state index < -0.39 is 24.3 Å². The number of hydrogen-bond donors (Lipinski definition) is 1. The predicted octanol–water partition coefficient (Wildman–Crippen LogP) is 3.15. The third-order valence-electron chi connectivity index (χ3n) is 3.63.